The van der Waals surface area contributed by atoms with Gasteiger partial charge >= 0.3 is 0 Å². The van der Waals surface area contributed by atoms with E-state index in [9.17, 15) is 0 Å². The number of thiophene rings is 1. The van der Waals surface area contributed by atoms with Gasteiger partial charge in [-0.2, -0.15) is 0 Å². The summed E-state index contributed by atoms with van der Waals surface area (Å²) in [6.45, 7) is 2.14. The third-order valence-electron chi connectivity index (χ3n) is 2.86. The van der Waals surface area contributed by atoms with Gasteiger partial charge in [-0.15, -0.1) is 11.3 Å². The Hall–Kier alpha value is -0.390. The first kappa shape index (κ1) is 13.1. The van der Waals surface area contributed by atoms with Crippen molar-refractivity contribution in [1.29, 1.82) is 0 Å². The lowest BCUT2D eigenvalue weighted by Crippen LogP contribution is -2.18. The van der Waals surface area contributed by atoms with E-state index in [0.717, 1.165) is 6.42 Å². The number of rotatable bonds is 4. The highest BCUT2D eigenvalue weighted by Gasteiger charge is 2.11. The van der Waals surface area contributed by atoms with E-state index in [0.29, 0.717) is 6.04 Å². The summed E-state index contributed by atoms with van der Waals surface area (Å²) in [7, 11) is 2.03. The van der Waals surface area contributed by atoms with E-state index in [1.54, 1.807) is 0 Å². The van der Waals surface area contributed by atoms with Gasteiger partial charge in [0.05, 0.1) is 2.88 Å². The van der Waals surface area contributed by atoms with Gasteiger partial charge in [0, 0.05) is 6.04 Å². The lowest BCUT2D eigenvalue weighted by molar-refractivity contribution is 0.593. The molecule has 0 saturated carbocycles. The van der Waals surface area contributed by atoms with Crippen LogP contribution in [0.3, 0.4) is 0 Å². The molecule has 0 radical (unpaired) electrons. The van der Waals surface area contributed by atoms with E-state index in [4.69, 9.17) is 0 Å². The largest absolute Gasteiger partial charge is 0.313 e. The van der Waals surface area contributed by atoms with E-state index in [1.807, 2.05) is 18.4 Å². The maximum atomic E-state index is 3.40. The third kappa shape index (κ3) is 3.53. The molecule has 1 aromatic carbocycles. The normalized spacial score (nSPS) is 12.6. The zero-order valence-corrected chi connectivity index (χ0v) is 13.0. The quantitative estimate of drug-likeness (QED) is 0.810. The first-order chi connectivity index (χ1) is 8.19. The second-order valence-electron chi connectivity index (χ2n) is 4.22. The molecule has 1 unspecified atom stereocenters. The zero-order chi connectivity index (χ0) is 12.3. The molecule has 2 rings (SSSR count). The van der Waals surface area contributed by atoms with Crippen LogP contribution in [0.5, 0.6) is 0 Å². The van der Waals surface area contributed by atoms with E-state index in [-0.39, 0.29) is 0 Å². The van der Waals surface area contributed by atoms with Gasteiger partial charge in [-0.3, -0.25) is 0 Å². The smallest absolute Gasteiger partial charge is 0.0656 e. The molecule has 0 saturated heterocycles. The van der Waals surface area contributed by atoms with Crippen LogP contribution >= 0.6 is 33.9 Å². The summed E-state index contributed by atoms with van der Waals surface area (Å²) in [5.74, 6) is 0. The van der Waals surface area contributed by atoms with Crippen LogP contribution in [0.25, 0.3) is 0 Å². The van der Waals surface area contributed by atoms with Crippen molar-refractivity contribution in [3.8, 4) is 0 Å². The zero-order valence-electron chi connectivity index (χ0n) is 10.0. The van der Waals surface area contributed by atoms with Gasteiger partial charge in [0.2, 0.25) is 0 Å². The van der Waals surface area contributed by atoms with E-state index in [1.165, 1.54) is 19.6 Å². The fourth-order valence-electron chi connectivity index (χ4n) is 1.97. The second kappa shape index (κ2) is 5.98. The minimum Gasteiger partial charge on any atom is -0.313 e. The molecule has 0 aliphatic rings. The Labute approximate surface area is 120 Å². The minimum absolute atomic E-state index is 0.413. The molecule has 0 amide bonds. The number of benzene rings is 1. The van der Waals surface area contributed by atoms with Crippen LogP contribution in [0, 0.1) is 9.81 Å². The van der Waals surface area contributed by atoms with Crippen LogP contribution in [0.1, 0.15) is 22.7 Å². The average molecular weight is 357 g/mol. The molecule has 90 valence electrons. The Morgan fingerprint density at radius 1 is 1.35 bits per heavy atom. The van der Waals surface area contributed by atoms with Crippen molar-refractivity contribution < 1.29 is 0 Å². The molecule has 3 heteroatoms. The highest BCUT2D eigenvalue weighted by molar-refractivity contribution is 14.1. The maximum absolute atomic E-state index is 3.40. The van der Waals surface area contributed by atoms with Crippen molar-refractivity contribution in [2.24, 2.45) is 0 Å². The van der Waals surface area contributed by atoms with Gasteiger partial charge in [0.1, 0.15) is 0 Å². The van der Waals surface area contributed by atoms with Crippen molar-refractivity contribution in [3.63, 3.8) is 0 Å². The molecule has 0 aliphatic heterocycles. The van der Waals surface area contributed by atoms with Gasteiger partial charge < -0.3 is 5.32 Å². The highest BCUT2D eigenvalue weighted by Crippen LogP contribution is 2.25. The Kier molecular flexibility index (Phi) is 4.59. The van der Waals surface area contributed by atoms with Crippen molar-refractivity contribution in [2.45, 2.75) is 19.4 Å². The fraction of sp³-hybridized carbons (Fsp3) is 0.286. The van der Waals surface area contributed by atoms with Crippen LogP contribution < -0.4 is 5.32 Å². The van der Waals surface area contributed by atoms with Crippen LogP contribution in [-0.4, -0.2) is 7.05 Å². The summed E-state index contributed by atoms with van der Waals surface area (Å²) in [6.07, 6.45) is 1.05. The summed E-state index contributed by atoms with van der Waals surface area (Å²) >= 11 is 4.19. The summed E-state index contributed by atoms with van der Waals surface area (Å²) in [5.41, 5.74) is 4.12. The number of aryl methyl sites for hydroxylation is 1. The standard InChI is InChI=1S/C14H16INS/c1-10-4-3-5-11(6-10)7-13(16-2)12-8-14(15)17-9-12/h3-6,8-9,13,16H,7H2,1-2H3. The SMILES string of the molecule is CNC(Cc1cccc(C)c1)c1csc(I)c1. The van der Waals surface area contributed by atoms with Crippen molar-refractivity contribution in [3.05, 3.63) is 55.3 Å². The van der Waals surface area contributed by atoms with Gasteiger partial charge in [-0.1, -0.05) is 29.8 Å². The third-order valence-corrected chi connectivity index (χ3v) is 4.67. The summed E-state index contributed by atoms with van der Waals surface area (Å²) in [5, 5.41) is 5.65. The Morgan fingerprint density at radius 2 is 2.18 bits per heavy atom. The van der Waals surface area contributed by atoms with Crippen LogP contribution in [-0.2, 0) is 6.42 Å². The molecule has 0 aliphatic carbocycles. The summed E-state index contributed by atoms with van der Waals surface area (Å²) in [4.78, 5) is 0. The molecule has 0 bridgehead atoms. The molecule has 1 heterocycles. The van der Waals surface area contributed by atoms with Gasteiger partial charge in [-0.25, -0.2) is 0 Å². The monoisotopic (exact) mass is 357 g/mol. The van der Waals surface area contributed by atoms with E-state index >= 15 is 0 Å². The maximum Gasteiger partial charge on any atom is 0.0656 e. The molecule has 17 heavy (non-hydrogen) atoms. The number of halogens is 1. The molecule has 1 aromatic heterocycles. The first-order valence-electron chi connectivity index (χ1n) is 5.66. The number of nitrogens with one attached hydrogen (secondary N) is 1. The molecular weight excluding hydrogens is 341 g/mol. The predicted molar refractivity (Wildman–Crippen MR) is 83.7 cm³/mol. The molecule has 1 atom stereocenters. The molecule has 1 nitrogen and oxygen atoms in total. The Bertz CT molecular complexity index is 492. The van der Waals surface area contributed by atoms with E-state index < -0.39 is 0 Å². The Balaban J connectivity index is 2.15. The summed E-state index contributed by atoms with van der Waals surface area (Å²) in [6, 6.07) is 11.4. The van der Waals surface area contributed by atoms with Crippen molar-refractivity contribution >= 4 is 33.9 Å². The highest BCUT2D eigenvalue weighted by atomic mass is 127. The fourth-order valence-corrected chi connectivity index (χ4v) is 3.39. The number of hydrogen-bond acceptors (Lipinski definition) is 2. The van der Waals surface area contributed by atoms with Gasteiger partial charge in [0.25, 0.3) is 0 Å². The predicted octanol–water partition coefficient (Wildman–Crippen LogP) is 4.16. The minimum atomic E-state index is 0.413. The molecule has 0 fully saturated rings. The molecule has 0 spiro atoms. The topological polar surface area (TPSA) is 12.0 Å². The summed E-state index contributed by atoms with van der Waals surface area (Å²) < 4.78 is 1.35. The lowest BCUT2D eigenvalue weighted by atomic mass is 10.0. The average Bonchev–Trinajstić information content (AvgIpc) is 2.73. The van der Waals surface area contributed by atoms with Crippen molar-refractivity contribution in [2.75, 3.05) is 7.05 Å². The number of likely N-dealkylation sites (N-methyl/N-ethyl adjacent to an activating group) is 1. The van der Waals surface area contributed by atoms with Crippen LogP contribution in [0.4, 0.5) is 0 Å². The molecule has 2 aromatic rings. The van der Waals surface area contributed by atoms with E-state index in [2.05, 4.69) is 70.5 Å². The Morgan fingerprint density at radius 3 is 2.76 bits per heavy atom. The number of hydrogen-bond donors (Lipinski definition) is 1. The second-order valence-corrected chi connectivity index (χ2v) is 7.02. The van der Waals surface area contributed by atoms with Crippen LogP contribution in [0.15, 0.2) is 35.7 Å². The van der Waals surface area contributed by atoms with Gasteiger partial charge in [0.15, 0.2) is 0 Å². The van der Waals surface area contributed by atoms with Crippen LogP contribution in [0.2, 0.25) is 0 Å². The van der Waals surface area contributed by atoms with Crippen molar-refractivity contribution in [1.82, 2.24) is 5.32 Å². The van der Waals surface area contributed by atoms with Gasteiger partial charge in [-0.05, 0) is 65.6 Å². The molecular formula is C14H16INS. The lowest BCUT2D eigenvalue weighted by Gasteiger charge is -2.15. The molecule has 1 N–H and O–H groups in total. The first-order valence-corrected chi connectivity index (χ1v) is 7.61.